The predicted octanol–water partition coefficient (Wildman–Crippen LogP) is 3.74. The van der Waals surface area contributed by atoms with E-state index in [1.165, 1.54) is 31.5 Å². The Balaban J connectivity index is 1.56. The minimum atomic E-state index is -4.11. The van der Waals surface area contributed by atoms with Crippen molar-refractivity contribution in [3.8, 4) is 22.8 Å². The lowest BCUT2D eigenvalue weighted by Crippen LogP contribution is -2.20. The summed E-state index contributed by atoms with van der Waals surface area (Å²) in [6, 6.07) is 7.78. The van der Waals surface area contributed by atoms with Crippen LogP contribution in [0.25, 0.3) is 11.3 Å². The summed E-state index contributed by atoms with van der Waals surface area (Å²) < 4.78 is 68.7. The molecule has 1 fully saturated rings. The lowest BCUT2D eigenvalue weighted by atomic mass is 9.79. The zero-order chi connectivity index (χ0) is 21.8. The Morgan fingerprint density at radius 2 is 2.06 bits per heavy atom. The van der Waals surface area contributed by atoms with Gasteiger partial charge in [0.1, 0.15) is 5.75 Å². The highest BCUT2D eigenvalue weighted by Crippen LogP contribution is 2.58. The normalized spacial score (nSPS) is 16.0. The summed E-state index contributed by atoms with van der Waals surface area (Å²) in [4.78, 5) is 3.91. The molecule has 1 spiro atoms. The molecule has 0 bridgehead atoms. The van der Waals surface area contributed by atoms with Gasteiger partial charge in [0.2, 0.25) is 5.03 Å². The number of benzene rings is 1. The van der Waals surface area contributed by atoms with Gasteiger partial charge in [-0.1, -0.05) is 11.2 Å². The zero-order valence-electron chi connectivity index (χ0n) is 16.3. The van der Waals surface area contributed by atoms with E-state index in [9.17, 15) is 17.2 Å². The summed E-state index contributed by atoms with van der Waals surface area (Å²) >= 11 is 0. The maximum Gasteiger partial charge on any atom is 0.387 e. The first kappa shape index (κ1) is 19.7. The van der Waals surface area contributed by atoms with E-state index in [0.29, 0.717) is 23.3 Å². The third kappa shape index (κ3) is 3.29. The average Bonchev–Trinajstić information content (AvgIpc) is 3.40. The van der Waals surface area contributed by atoms with Crippen LogP contribution in [-0.2, 0) is 21.9 Å². The Hall–Kier alpha value is -3.21. The summed E-state index contributed by atoms with van der Waals surface area (Å²) in [6.45, 7) is -2.96. The largest absolute Gasteiger partial charge is 0.494 e. The summed E-state index contributed by atoms with van der Waals surface area (Å²) in [5.74, 6) is 0.456. The fourth-order valence-electron chi connectivity index (χ4n) is 4.05. The van der Waals surface area contributed by atoms with E-state index in [2.05, 4.69) is 19.6 Å². The smallest absolute Gasteiger partial charge is 0.387 e. The van der Waals surface area contributed by atoms with Crippen molar-refractivity contribution in [1.82, 2.24) is 10.1 Å². The molecule has 0 unspecified atom stereocenters. The molecule has 11 heteroatoms. The van der Waals surface area contributed by atoms with Gasteiger partial charge in [-0.05, 0) is 49.1 Å². The number of sulfonamides is 1. The molecular weight excluding hydrogens is 432 g/mol. The van der Waals surface area contributed by atoms with Crippen molar-refractivity contribution in [2.75, 3.05) is 11.8 Å². The molecule has 162 valence electrons. The number of nitrogens with one attached hydrogen (secondary N) is 1. The van der Waals surface area contributed by atoms with Crippen LogP contribution in [0, 0.1) is 0 Å². The van der Waals surface area contributed by atoms with Gasteiger partial charge in [0.15, 0.2) is 17.3 Å². The molecule has 2 heterocycles. The number of halogens is 2. The van der Waals surface area contributed by atoms with Crippen LogP contribution in [0.1, 0.15) is 24.0 Å². The number of anilines is 1. The SMILES string of the molecule is COc1cccnc1S(=O)(=O)Nc1noc2c1CC1(CC1)c1ccc(OC(F)F)cc1-2. The molecule has 0 atom stereocenters. The van der Waals surface area contributed by atoms with Gasteiger partial charge in [-0.25, -0.2) is 4.98 Å². The van der Waals surface area contributed by atoms with Gasteiger partial charge >= 0.3 is 6.61 Å². The first-order chi connectivity index (χ1) is 14.8. The predicted molar refractivity (Wildman–Crippen MR) is 105 cm³/mol. The topological polar surface area (TPSA) is 104 Å². The molecule has 0 amide bonds. The van der Waals surface area contributed by atoms with Crippen molar-refractivity contribution < 1.29 is 31.2 Å². The Bertz CT molecular complexity index is 1270. The molecule has 2 aromatic heterocycles. The highest BCUT2D eigenvalue weighted by atomic mass is 32.2. The van der Waals surface area contributed by atoms with Gasteiger partial charge in [-0.3, -0.25) is 4.72 Å². The van der Waals surface area contributed by atoms with E-state index in [-0.39, 0.29) is 27.8 Å². The fourth-order valence-corrected chi connectivity index (χ4v) is 5.18. The molecule has 0 aliphatic heterocycles. The first-order valence-electron chi connectivity index (χ1n) is 9.43. The van der Waals surface area contributed by atoms with Crippen molar-refractivity contribution >= 4 is 15.8 Å². The van der Waals surface area contributed by atoms with Gasteiger partial charge in [-0.15, -0.1) is 0 Å². The van der Waals surface area contributed by atoms with E-state index >= 15 is 0 Å². The summed E-state index contributed by atoms with van der Waals surface area (Å²) in [7, 11) is -2.76. The third-order valence-corrected chi connectivity index (χ3v) is 6.91. The second-order valence-electron chi connectivity index (χ2n) is 7.50. The molecule has 1 saturated carbocycles. The summed E-state index contributed by atoms with van der Waals surface area (Å²) in [5.41, 5.74) is 1.90. The quantitative estimate of drug-likeness (QED) is 0.611. The lowest BCUT2D eigenvalue weighted by molar-refractivity contribution is -0.0498. The molecule has 0 radical (unpaired) electrons. The maximum absolute atomic E-state index is 12.9. The van der Waals surface area contributed by atoms with E-state index in [0.717, 1.165) is 18.4 Å². The van der Waals surface area contributed by atoms with Gasteiger partial charge in [0, 0.05) is 22.7 Å². The molecular formula is C20H17F2N3O5S. The number of methoxy groups -OCH3 is 1. The van der Waals surface area contributed by atoms with Crippen LogP contribution in [0.5, 0.6) is 11.5 Å². The number of pyridine rings is 1. The van der Waals surface area contributed by atoms with Gasteiger partial charge in [-0.2, -0.15) is 17.2 Å². The molecule has 31 heavy (non-hydrogen) atoms. The molecule has 0 saturated heterocycles. The minimum absolute atomic E-state index is 0.00541. The number of hydrogen-bond acceptors (Lipinski definition) is 7. The van der Waals surface area contributed by atoms with E-state index < -0.39 is 16.6 Å². The number of hydrogen-bond donors (Lipinski definition) is 1. The van der Waals surface area contributed by atoms with Crippen molar-refractivity contribution in [2.24, 2.45) is 0 Å². The van der Waals surface area contributed by atoms with E-state index in [1.54, 1.807) is 12.1 Å². The monoisotopic (exact) mass is 449 g/mol. The highest BCUT2D eigenvalue weighted by molar-refractivity contribution is 7.92. The molecule has 2 aliphatic rings. The van der Waals surface area contributed by atoms with Crippen LogP contribution in [0.15, 0.2) is 46.1 Å². The van der Waals surface area contributed by atoms with Crippen LogP contribution in [0.4, 0.5) is 14.6 Å². The van der Waals surface area contributed by atoms with Gasteiger partial charge in [0.25, 0.3) is 10.0 Å². The molecule has 1 aromatic carbocycles. The second kappa shape index (κ2) is 6.91. The van der Waals surface area contributed by atoms with Crippen molar-refractivity contribution in [3.63, 3.8) is 0 Å². The Morgan fingerprint density at radius 3 is 2.77 bits per heavy atom. The van der Waals surface area contributed by atoms with Crippen LogP contribution >= 0.6 is 0 Å². The molecule has 1 N–H and O–H groups in total. The van der Waals surface area contributed by atoms with Crippen LogP contribution in [0.2, 0.25) is 0 Å². The molecule has 8 nitrogen and oxygen atoms in total. The lowest BCUT2D eigenvalue weighted by Gasteiger charge is -2.25. The average molecular weight is 449 g/mol. The Labute approximate surface area is 176 Å². The van der Waals surface area contributed by atoms with Crippen molar-refractivity contribution in [1.29, 1.82) is 0 Å². The maximum atomic E-state index is 12.9. The van der Waals surface area contributed by atoms with Crippen LogP contribution < -0.4 is 14.2 Å². The number of alkyl halides is 2. The Morgan fingerprint density at radius 1 is 1.26 bits per heavy atom. The van der Waals surface area contributed by atoms with E-state index in [1.807, 2.05) is 0 Å². The second-order valence-corrected chi connectivity index (χ2v) is 9.10. The van der Waals surface area contributed by atoms with Crippen molar-refractivity contribution in [2.45, 2.75) is 36.3 Å². The third-order valence-electron chi connectivity index (χ3n) is 5.63. The van der Waals surface area contributed by atoms with Gasteiger partial charge in [0.05, 0.1) is 7.11 Å². The standard InChI is InChI=1S/C20H17F2N3O5S/c1-28-15-3-2-8-23-18(15)31(26,27)25-17-13-10-20(6-7-20)14-5-4-11(29-19(21)22)9-12(14)16(13)30-24-17/h2-5,8-9,19H,6-7,10H2,1H3,(H,24,25). The van der Waals surface area contributed by atoms with Crippen molar-refractivity contribution in [3.05, 3.63) is 47.7 Å². The zero-order valence-corrected chi connectivity index (χ0v) is 17.1. The minimum Gasteiger partial charge on any atom is -0.494 e. The number of aromatic nitrogens is 2. The fraction of sp³-hybridized carbons (Fsp3) is 0.300. The summed E-state index contributed by atoms with van der Waals surface area (Å²) in [5, 5.41) is 3.65. The van der Waals surface area contributed by atoms with Gasteiger partial charge < -0.3 is 14.0 Å². The van der Waals surface area contributed by atoms with Crippen LogP contribution in [0.3, 0.4) is 0 Å². The molecule has 5 rings (SSSR count). The van der Waals surface area contributed by atoms with Crippen LogP contribution in [-0.4, -0.2) is 32.3 Å². The molecule has 2 aliphatic carbocycles. The van der Waals surface area contributed by atoms with E-state index in [4.69, 9.17) is 9.26 Å². The number of fused-ring (bicyclic) bond motifs is 4. The summed E-state index contributed by atoms with van der Waals surface area (Å²) in [6.07, 6.45) is 3.64. The number of nitrogens with zero attached hydrogens (tertiary/aromatic N) is 2. The molecule has 3 aromatic rings. The number of rotatable bonds is 6. The number of ether oxygens (including phenoxy) is 2. The highest BCUT2D eigenvalue weighted by Gasteiger charge is 2.50. The Kier molecular flexibility index (Phi) is 4.40. The first-order valence-corrected chi connectivity index (χ1v) is 10.9.